The highest BCUT2D eigenvalue weighted by molar-refractivity contribution is 8.00. The average molecular weight is 406 g/mol. The van der Waals surface area contributed by atoms with E-state index in [0.29, 0.717) is 16.9 Å². The fourth-order valence-electron chi connectivity index (χ4n) is 2.32. The molecule has 1 unspecified atom stereocenters. The molecule has 0 saturated carbocycles. The summed E-state index contributed by atoms with van der Waals surface area (Å²) in [4.78, 5) is 12.4. The van der Waals surface area contributed by atoms with Gasteiger partial charge >= 0.3 is 0 Å². The van der Waals surface area contributed by atoms with Crippen LogP contribution in [0.2, 0.25) is 0 Å². The van der Waals surface area contributed by atoms with E-state index in [1.807, 2.05) is 52.0 Å². The molecule has 0 bridgehead atoms. The van der Waals surface area contributed by atoms with Crippen molar-refractivity contribution in [1.29, 1.82) is 0 Å². The molecule has 0 aliphatic heterocycles. The summed E-state index contributed by atoms with van der Waals surface area (Å²) in [6.45, 7) is 12.4. The number of hydrogen-bond donors (Lipinski definition) is 2. The van der Waals surface area contributed by atoms with Crippen molar-refractivity contribution in [2.45, 2.75) is 76.4 Å². The molecule has 1 heterocycles. The zero-order valence-electron chi connectivity index (χ0n) is 17.5. The van der Waals surface area contributed by atoms with Crippen molar-refractivity contribution in [3.8, 4) is 5.75 Å². The Balaban J connectivity index is 1.95. The number of nitrogens with two attached hydrogens (primary N) is 1. The van der Waals surface area contributed by atoms with Crippen molar-refractivity contribution in [2.75, 3.05) is 5.84 Å². The molecule has 2 rings (SSSR count). The first kappa shape index (κ1) is 22.1. The van der Waals surface area contributed by atoms with Crippen LogP contribution in [0, 0.1) is 0 Å². The van der Waals surface area contributed by atoms with Gasteiger partial charge in [0.15, 0.2) is 5.82 Å². The zero-order valence-corrected chi connectivity index (χ0v) is 18.3. The van der Waals surface area contributed by atoms with E-state index in [-0.39, 0.29) is 23.3 Å². The average Bonchev–Trinajstić information content (AvgIpc) is 2.99. The van der Waals surface area contributed by atoms with Gasteiger partial charge in [-0.1, -0.05) is 44.7 Å². The van der Waals surface area contributed by atoms with Crippen LogP contribution in [0.4, 0.5) is 0 Å². The Hall–Kier alpha value is -2.22. The second-order valence-electron chi connectivity index (χ2n) is 7.77. The van der Waals surface area contributed by atoms with Crippen LogP contribution in [-0.4, -0.2) is 31.6 Å². The van der Waals surface area contributed by atoms with Gasteiger partial charge in [0.2, 0.25) is 11.1 Å². The van der Waals surface area contributed by atoms with E-state index in [2.05, 4.69) is 29.4 Å². The summed E-state index contributed by atoms with van der Waals surface area (Å²) in [5.74, 6) is 7.76. The second-order valence-corrected chi connectivity index (χ2v) is 9.08. The van der Waals surface area contributed by atoms with E-state index in [9.17, 15) is 4.79 Å². The topological polar surface area (TPSA) is 95.1 Å². The van der Waals surface area contributed by atoms with E-state index in [1.165, 1.54) is 22.0 Å². The molecular formula is C20H31N5O2S. The number of carbonyl (C=O) groups is 1. The summed E-state index contributed by atoms with van der Waals surface area (Å²) in [6.07, 6.45) is 0.850. The zero-order chi connectivity index (χ0) is 20.9. The minimum Gasteiger partial charge on any atom is -0.486 e. The second kappa shape index (κ2) is 9.32. The molecule has 3 N–H and O–H groups in total. The third-order valence-corrected chi connectivity index (χ3v) is 5.70. The van der Waals surface area contributed by atoms with Crippen LogP contribution in [0.1, 0.15) is 65.3 Å². The minimum absolute atomic E-state index is 0.0529. The maximum absolute atomic E-state index is 12.4. The predicted octanol–water partition coefficient (Wildman–Crippen LogP) is 3.48. The van der Waals surface area contributed by atoms with Crippen LogP contribution < -0.4 is 15.9 Å². The number of aromatic nitrogens is 3. The van der Waals surface area contributed by atoms with Crippen molar-refractivity contribution in [2.24, 2.45) is 0 Å². The molecule has 0 spiro atoms. The Labute approximate surface area is 171 Å². The van der Waals surface area contributed by atoms with Crippen LogP contribution in [0.25, 0.3) is 0 Å². The third kappa shape index (κ3) is 5.89. The van der Waals surface area contributed by atoms with Crippen LogP contribution in [0.15, 0.2) is 29.4 Å². The number of ether oxygens (including phenoxy) is 1. The monoisotopic (exact) mass is 405 g/mol. The Morgan fingerprint density at radius 3 is 2.46 bits per heavy atom. The van der Waals surface area contributed by atoms with Crippen LogP contribution in [0.5, 0.6) is 5.75 Å². The van der Waals surface area contributed by atoms with Gasteiger partial charge in [-0.25, -0.2) is 4.68 Å². The quantitative estimate of drug-likeness (QED) is 0.490. The van der Waals surface area contributed by atoms with Crippen LogP contribution in [0.3, 0.4) is 0 Å². The predicted molar refractivity (Wildman–Crippen MR) is 113 cm³/mol. The van der Waals surface area contributed by atoms with Gasteiger partial charge in [-0.05, 0) is 50.8 Å². The van der Waals surface area contributed by atoms with Gasteiger partial charge in [-0.2, -0.15) is 0 Å². The summed E-state index contributed by atoms with van der Waals surface area (Å²) >= 11 is 1.27. The van der Waals surface area contributed by atoms with Gasteiger partial charge < -0.3 is 15.9 Å². The minimum atomic E-state index is -0.338. The van der Waals surface area contributed by atoms with Crippen molar-refractivity contribution in [3.05, 3.63) is 35.7 Å². The van der Waals surface area contributed by atoms with Gasteiger partial charge in [0.1, 0.15) is 12.4 Å². The maximum atomic E-state index is 12.4. The van der Waals surface area contributed by atoms with Gasteiger partial charge in [-0.15, -0.1) is 10.2 Å². The molecule has 1 atom stereocenters. The van der Waals surface area contributed by atoms with Gasteiger partial charge in [0, 0.05) is 5.54 Å². The smallest absolute Gasteiger partial charge is 0.233 e. The molecular weight excluding hydrogens is 374 g/mol. The molecule has 8 heteroatoms. The fraction of sp³-hybridized carbons (Fsp3) is 0.550. The lowest BCUT2D eigenvalue weighted by molar-refractivity contribution is -0.121. The first-order valence-electron chi connectivity index (χ1n) is 9.53. The number of rotatable bonds is 9. The molecule has 7 nitrogen and oxygen atoms in total. The van der Waals surface area contributed by atoms with Gasteiger partial charge in [0.25, 0.3) is 0 Å². The Morgan fingerprint density at radius 2 is 1.89 bits per heavy atom. The number of nitrogens with zero attached hydrogens (tertiary/aromatic N) is 3. The van der Waals surface area contributed by atoms with E-state index in [4.69, 9.17) is 10.6 Å². The molecule has 28 heavy (non-hydrogen) atoms. The highest BCUT2D eigenvalue weighted by atomic mass is 32.2. The maximum Gasteiger partial charge on any atom is 0.233 e. The Bertz CT molecular complexity index is 786. The van der Waals surface area contributed by atoms with Crippen LogP contribution >= 0.6 is 11.8 Å². The summed E-state index contributed by atoms with van der Waals surface area (Å²) < 4.78 is 7.14. The Morgan fingerprint density at radius 1 is 1.25 bits per heavy atom. The standard InChI is InChI=1S/C20H31N5O2S/c1-7-20(5,6)22-18(26)14(4)28-19-24-23-17(25(19)21)12-27-16-10-8-15(9-11-16)13(2)3/h8-11,13-14H,7,12,21H2,1-6H3,(H,22,26). The molecule has 0 radical (unpaired) electrons. The molecule has 0 aliphatic carbocycles. The SMILES string of the molecule is CCC(C)(C)NC(=O)C(C)Sc1nnc(COc2ccc(C(C)C)cc2)n1N. The number of thioether (sulfide) groups is 1. The summed E-state index contributed by atoms with van der Waals surface area (Å²) in [6, 6.07) is 7.97. The molecule has 2 aromatic rings. The van der Waals surface area contributed by atoms with E-state index >= 15 is 0 Å². The molecule has 0 saturated heterocycles. The largest absolute Gasteiger partial charge is 0.486 e. The van der Waals surface area contributed by atoms with E-state index in [1.54, 1.807) is 0 Å². The van der Waals surface area contributed by atoms with Crippen molar-refractivity contribution >= 4 is 17.7 Å². The highest BCUT2D eigenvalue weighted by Gasteiger charge is 2.24. The number of amides is 1. The number of hydrogen-bond acceptors (Lipinski definition) is 6. The van der Waals surface area contributed by atoms with Crippen molar-refractivity contribution in [3.63, 3.8) is 0 Å². The normalized spacial score (nSPS) is 12.8. The number of benzene rings is 1. The lowest BCUT2D eigenvalue weighted by Crippen LogP contribution is -2.46. The molecule has 1 aromatic carbocycles. The first-order valence-corrected chi connectivity index (χ1v) is 10.4. The van der Waals surface area contributed by atoms with E-state index < -0.39 is 0 Å². The van der Waals surface area contributed by atoms with Crippen molar-refractivity contribution < 1.29 is 9.53 Å². The number of nitrogen functional groups attached to an aromatic ring is 1. The number of carbonyl (C=O) groups excluding carboxylic acids is 1. The first-order chi connectivity index (χ1) is 13.1. The van der Waals surface area contributed by atoms with Gasteiger partial charge in [-0.3, -0.25) is 4.79 Å². The van der Waals surface area contributed by atoms with Crippen molar-refractivity contribution in [1.82, 2.24) is 20.2 Å². The third-order valence-electron chi connectivity index (χ3n) is 4.65. The summed E-state index contributed by atoms with van der Waals surface area (Å²) in [7, 11) is 0. The lowest BCUT2D eigenvalue weighted by atomic mass is 10.0. The fourth-order valence-corrected chi connectivity index (χ4v) is 3.11. The van der Waals surface area contributed by atoms with Gasteiger partial charge in [0.05, 0.1) is 5.25 Å². The molecule has 0 aliphatic rings. The highest BCUT2D eigenvalue weighted by Crippen LogP contribution is 2.23. The molecule has 1 amide bonds. The van der Waals surface area contributed by atoms with Crippen LogP contribution in [-0.2, 0) is 11.4 Å². The summed E-state index contributed by atoms with van der Waals surface area (Å²) in [5, 5.41) is 11.4. The summed E-state index contributed by atoms with van der Waals surface area (Å²) in [5.41, 5.74) is 1.01. The lowest BCUT2D eigenvalue weighted by Gasteiger charge is -2.26. The molecule has 154 valence electrons. The number of nitrogens with one attached hydrogen (secondary N) is 1. The molecule has 1 aromatic heterocycles. The van der Waals surface area contributed by atoms with E-state index in [0.717, 1.165) is 12.2 Å². The Kier molecular flexibility index (Phi) is 7.35. The molecule has 0 fully saturated rings.